The maximum absolute atomic E-state index is 8.77. The number of rotatable bonds is 6. The third-order valence-corrected chi connectivity index (χ3v) is 1.31. The third kappa shape index (κ3) is 11.8. The van der Waals surface area contributed by atoms with E-state index in [0.29, 0.717) is 0 Å². The highest BCUT2D eigenvalue weighted by Crippen LogP contribution is 1.79. The van der Waals surface area contributed by atoms with Gasteiger partial charge in [0.2, 0.25) is 0 Å². The highest BCUT2D eigenvalue weighted by Gasteiger charge is 2.13. The van der Waals surface area contributed by atoms with E-state index in [-0.39, 0.29) is 13.1 Å². The summed E-state index contributed by atoms with van der Waals surface area (Å²) in [7, 11) is 0. The van der Waals surface area contributed by atoms with Gasteiger partial charge in [-0.15, -0.1) is 0 Å². The van der Waals surface area contributed by atoms with E-state index >= 15 is 0 Å². The number of aliphatic hydroxyl groups excluding tert-OH is 2. The van der Waals surface area contributed by atoms with Crippen LogP contribution < -0.4 is 22.1 Å². The molecule has 0 saturated heterocycles. The molecule has 0 aliphatic rings. The van der Waals surface area contributed by atoms with Crippen molar-refractivity contribution in [2.24, 2.45) is 11.5 Å². The number of nitrogens with zero attached hydrogens (tertiary/aromatic N) is 2. The zero-order valence-electron chi connectivity index (χ0n) is 9.51. The Kier molecular flexibility index (Phi) is 11.3. The molecule has 0 saturated carbocycles. The van der Waals surface area contributed by atoms with Crippen molar-refractivity contribution >= 4 is 11.7 Å². The molecule has 0 rings (SSSR count). The molecule has 0 aromatic carbocycles. The Morgan fingerprint density at radius 1 is 1.06 bits per heavy atom. The topological polar surface area (TPSA) is 212 Å². The minimum absolute atomic E-state index is 0.258. The lowest BCUT2D eigenvalue weighted by Crippen LogP contribution is -2.50. The molecular weight excluding hydrogens is 240 g/mol. The summed E-state index contributed by atoms with van der Waals surface area (Å²) < 4.78 is 0. The molecule has 10 N–H and O–H groups in total. The van der Waals surface area contributed by atoms with Crippen LogP contribution in [-0.4, -0.2) is 47.4 Å². The third-order valence-electron chi connectivity index (χ3n) is 1.31. The Bertz CT molecular complexity index is 312. The summed E-state index contributed by atoms with van der Waals surface area (Å²) in [5.41, 5.74) is 9.67. The molecule has 100 valence electrons. The summed E-state index contributed by atoms with van der Waals surface area (Å²) in [6.07, 6.45) is -2.96. The van der Waals surface area contributed by atoms with E-state index in [4.69, 9.17) is 43.0 Å². The molecule has 18 heavy (non-hydrogen) atoms. The Morgan fingerprint density at radius 2 is 1.39 bits per heavy atom. The highest BCUT2D eigenvalue weighted by molar-refractivity contribution is 5.84. The fourth-order valence-electron chi connectivity index (χ4n) is 0.503. The van der Waals surface area contributed by atoms with Crippen LogP contribution in [0.15, 0.2) is 0 Å². The van der Waals surface area contributed by atoms with Crippen LogP contribution in [0.4, 0.5) is 0 Å². The summed E-state index contributed by atoms with van der Waals surface area (Å²) in [6, 6.07) is 3.68. The predicted octanol–water partition coefficient (Wildman–Crippen LogP) is -3.29. The molecule has 10 heteroatoms. The molecule has 2 unspecified atom stereocenters. The average molecular weight is 256 g/mol. The summed E-state index contributed by atoms with van der Waals surface area (Å²) in [5.74, 6) is -1.10. The number of nitrogens with two attached hydrogens (primary N) is 2. The standard InChI is InChI=1S/C4H11N5O2.C4H5N3/c5-1(6)3(10)9-4(11)2(7)8;5-1-3-7-4-2-6/h3-4,9-11H,(H3,5,6)(H3,7,8);7H,3-4H2. The molecule has 0 aliphatic heterocycles. The number of hydrogen-bond acceptors (Lipinski definition) is 8. The lowest BCUT2D eigenvalue weighted by Gasteiger charge is -2.15. The van der Waals surface area contributed by atoms with Gasteiger partial charge in [-0.05, 0) is 0 Å². The van der Waals surface area contributed by atoms with E-state index in [9.17, 15) is 0 Å². The molecule has 0 spiro atoms. The number of aliphatic hydroxyl groups is 2. The number of hydrogen-bond donors (Lipinski definition) is 8. The fourth-order valence-corrected chi connectivity index (χ4v) is 0.503. The molecule has 0 aromatic rings. The fraction of sp³-hybridized carbons (Fsp3) is 0.500. The Hall–Kier alpha value is -2.24. The van der Waals surface area contributed by atoms with Crippen LogP contribution in [0.2, 0.25) is 0 Å². The van der Waals surface area contributed by atoms with Crippen molar-refractivity contribution < 1.29 is 10.2 Å². The summed E-state index contributed by atoms with van der Waals surface area (Å²) in [6.45, 7) is 0.515. The summed E-state index contributed by atoms with van der Waals surface area (Å²) in [5, 5.41) is 51.2. The second-order valence-corrected chi connectivity index (χ2v) is 2.80. The summed E-state index contributed by atoms with van der Waals surface area (Å²) >= 11 is 0. The van der Waals surface area contributed by atoms with Gasteiger partial charge in [0, 0.05) is 0 Å². The minimum Gasteiger partial charge on any atom is -0.384 e. The Labute approximate surface area is 104 Å². The van der Waals surface area contributed by atoms with Crippen LogP contribution in [0.3, 0.4) is 0 Å². The lowest BCUT2D eigenvalue weighted by molar-refractivity contribution is 0.113. The first-order valence-corrected chi connectivity index (χ1v) is 4.61. The van der Waals surface area contributed by atoms with E-state index in [1.54, 1.807) is 0 Å². The van der Waals surface area contributed by atoms with Gasteiger partial charge in [0.25, 0.3) is 0 Å². The van der Waals surface area contributed by atoms with E-state index < -0.39 is 24.1 Å². The zero-order chi connectivity index (χ0) is 14.6. The van der Waals surface area contributed by atoms with Crippen LogP contribution in [0.25, 0.3) is 0 Å². The van der Waals surface area contributed by atoms with Crippen molar-refractivity contribution in [3.05, 3.63) is 0 Å². The molecule has 0 aliphatic carbocycles. The Balaban J connectivity index is 0. The SMILES string of the molecule is N#CCNCC#N.N=C(N)C(O)NC(O)C(=N)N. The lowest BCUT2D eigenvalue weighted by atomic mass is 10.4. The molecule has 0 amide bonds. The van der Waals surface area contributed by atoms with Crippen LogP contribution in [0, 0.1) is 33.5 Å². The van der Waals surface area contributed by atoms with E-state index in [0.717, 1.165) is 0 Å². The zero-order valence-corrected chi connectivity index (χ0v) is 9.51. The number of nitriles is 2. The smallest absolute Gasteiger partial charge is 0.165 e. The van der Waals surface area contributed by atoms with Gasteiger partial charge >= 0.3 is 0 Å². The van der Waals surface area contributed by atoms with Gasteiger partial charge in [0.05, 0.1) is 25.2 Å². The second kappa shape index (κ2) is 11.3. The number of amidine groups is 2. The van der Waals surface area contributed by atoms with Crippen molar-refractivity contribution in [1.82, 2.24) is 10.6 Å². The normalized spacial score (nSPS) is 12.0. The van der Waals surface area contributed by atoms with Crippen LogP contribution >= 0.6 is 0 Å². The van der Waals surface area contributed by atoms with Gasteiger partial charge in [0.15, 0.2) is 12.5 Å². The average Bonchev–Trinajstić information content (AvgIpc) is 2.30. The monoisotopic (exact) mass is 256 g/mol. The van der Waals surface area contributed by atoms with Crippen LogP contribution in [0.5, 0.6) is 0 Å². The van der Waals surface area contributed by atoms with Gasteiger partial charge in [0.1, 0.15) is 11.7 Å². The molecule has 2 atom stereocenters. The quantitative estimate of drug-likeness (QED) is 0.0790. The molecule has 0 heterocycles. The number of nitrogens with one attached hydrogen (secondary N) is 4. The van der Waals surface area contributed by atoms with Gasteiger partial charge in [-0.1, -0.05) is 0 Å². The van der Waals surface area contributed by atoms with Crippen molar-refractivity contribution in [1.29, 1.82) is 21.3 Å². The molecular formula is C8H16N8O2. The summed E-state index contributed by atoms with van der Waals surface area (Å²) in [4.78, 5) is 0. The minimum atomic E-state index is -1.48. The first kappa shape index (κ1) is 18.1. The Morgan fingerprint density at radius 3 is 1.61 bits per heavy atom. The maximum atomic E-state index is 8.77. The molecule has 10 nitrogen and oxygen atoms in total. The van der Waals surface area contributed by atoms with Crippen molar-refractivity contribution in [2.75, 3.05) is 13.1 Å². The van der Waals surface area contributed by atoms with Crippen molar-refractivity contribution in [3.8, 4) is 12.1 Å². The predicted molar refractivity (Wildman–Crippen MR) is 63.1 cm³/mol. The molecule has 0 aromatic heterocycles. The largest absolute Gasteiger partial charge is 0.384 e. The second-order valence-electron chi connectivity index (χ2n) is 2.80. The van der Waals surface area contributed by atoms with Crippen molar-refractivity contribution in [2.45, 2.75) is 12.5 Å². The first-order valence-electron chi connectivity index (χ1n) is 4.61. The van der Waals surface area contributed by atoms with Crippen LogP contribution in [-0.2, 0) is 0 Å². The molecule has 0 bridgehead atoms. The van der Waals surface area contributed by atoms with E-state index in [1.165, 1.54) is 0 Å². The van der Waals surface area contributed by atoms with E-state index in [2.05, 4.69) is 5.32 Å². The maximum Gasteiger partial charge on any atom is 0.165 e. The van der Waals surface area contributed by atoms with Crippen molar-refractivity contribution in [3.63, 3.8) is 0 Å². The van der Waals surface area contributed by atoms with E-state index in [1.807, 2.05) is 17.5 Å². The molecule has 0 fully saturated rings. The first-order chi connectivity index (χ1) is 8.36. The highest BCUT2D eigenvalue weighted by atomic mass is 16.3. The van der Waals surface area contributed by atoms with Gasteiger partial charge in [-0.3, -0.25) is 21.5 Å². The van der Waals surface area contributed by atoms with Gasteiger partial charge in [-0.2, -0.15) is 10.5 Å². The van der Waals surface area contributed by atoms with Crippen LogP contribution in [0.1, 0.15) is 0 Å². The molecule has 0 radical (unpaired) electrons. The van der Waals surface area contributed by atoms with Gasteiger partial charge < -0.3 is 21.7 Å². The van der Waals surface area contributed by atoms with Gasteiger partial charge in [-0.25, -0.2) is 0 Å².